The fraction of sp³-hybridized carbons (Fsp3) is 0.727. The SMILES string of the molecule is Cc1nc(CCNC(=O)C2(CN)CCC2)no1. The lowest BCUT2D eigenvalue weighted by atomic mass is 9.68. The molecule has 1 fully saturated rings. The van der Waals surface area contributed by atoms with Crippen LogP contribution in [0.25, 0.3) is 0 Å². The molecule has 94 valence electrons. The van der Waals surface area contributed by atoms with E-state index >= 15 is 0 Å². The van der Waals surface area contributed by atoms with Gasteiger partial charge >= 0.3 is 0 Å². The number of nitrogens with zero attached hydrogens (tertiary/aromatic N) is 2. The van der Waals surface area contributed by atoms with Crippen molar-refractivity contribution in [3.8, 4) is 0 Å². The summed E-state index contributed by atoms with van der Waals surface area (Å²) in [5.74, 6) is 1.23. The second-order valence-electron chi connectivity index (χ2n) is 4.57. The van der Waals surface area contributed by atoms with Gasteiger partial charge in [0.2, 0.25) is 11.8 Å². The smallest absolute Gasteiger partial charge is 0.227 e. The second-order valence-corrected chi connectivity index (χ2v) is 4.57. The van der Waals surface area contributed by atoms with Gasteiger partial charge in [-0.3, -0.25) is 4.79 Å². The van der Waals surface area contributed by atoms with E-state index in [-0.39, 0.29) is 11.3 Å². The number of nitrogens with two attached hydrogens (primary N) is 1. The Bertz CT molecular complexity index is 392. The second kappa shape index (κ2) is 4.83. The highest BCUT2D eigenvalue weighted by molar-refractivity contribution is 5.83. The van der Waals surface area contributed by atoms with Gasteiger partial charge in [0.1, 0.15) is 0 Å². The van der Waals surface area contributed by atoms with Crippen LogP contribution in [0.3, 0.4) is 0 Å². The molecule has 1 aliphatic carbocycles. The Hall–Kier alpha value is -1.43. The van der Waals surface area contributed by atoms with Crippen molar-refractivity contribution in [1.29, 1.82) is 0 Å². The first-order valence-electron chi connectivity index (χ1n) is 5.94. The van der Waals surface area contributed by atoms with Crippen LogP contribution in [0.1, 0.15) is 31.0 Å². The minimum Gasteiger partial charge on any atom is -0.355 e. The Morgan fingerprint density at radius 1 is 1.59 bits per heavy atom. The number of nitrogens with one attached hydrogen (secondary N) is 1. The number of aromatic nitrogens is 2. The third kappa shape index (κ3) is 2.46. The highest BCUT2D eigenvalue weighted by atomic mass is 16.5. The van der Waals surface area contributed by atoms with Crippen LogP contribution in [0.2, 0.25) is 0 Å². The molecule has 1 amide bonds. The zero-order valence-corrected chi connectivity index (χ0v) is 10.0. The van der Waals surface area contributed by atoms with E-state index in [2.05, 4.69) is 15.5 Å². The molecular formula is C11H18N4O2. The third-order valence-corrected chi connectivity index (χ3v) is 3.39. The summed E-state index contributed by atoms with van der Waals surface area (Å²) in [6.45, 7) is 2.70. The van der Waals surface area contributed by atoms with Crippen LogP contribution >= 0.6 is 0 Å². The number of hydrogen-bond acceptors (Lipinski definition) is 5. The summed E-state index contributed by atoms with van der Waals surface area (Å²) < 4.78 is 4.85. The van der Waals surface area contributed by atoms with Crippen LogP contribution < -0.4 is 11.1 Å². The molecular weight excluding hydrogens is 220 g/mol. The van der Waals surface area contributed by atoms with Crippen LogP contribution in [0.5, 0.6) is 0 Å². The Labute approximate surface area is 99.9 Å². The van der Waals surface area contributed by atoms with Crippen molar-refractivity contribution in [3.63, 3.8) is 0 Å². The fourth-order valence-corrected chi connectivity index (χ4v) is 2.05. The van der Waals surface area contributed by atoms with Crippen LogP contribution in [0.4, 0.5) is 0 Å². The minimum atomic E-state index is -0.312. The highest BCUT2D eigenvalue weighted by Crippen LogP contribution is 2.39. The van der Waals surface area contributed by atoms with Crippen LogP contribution in [0, 0.1) is 12.3 Å². The average Bonchev–Trinajstić information content (AvgIpc) is 2.63. The molecule has 0 atom stereocenters. The van der Waals surface area contributed by atoms with Crippen molar-refractivity contribution in [2.75, 3.05) is 13.1 Å². The molecule has 0 saturated heterocycles. The summed E-state index contributed by atoms with van der Waals surface area (Å²) in [6.07, 6.45) is 3.48. The Balaban J connectivity index is 1.77. The average molecular weight is 238 g/mol. The van der Waals surface area contributed by atoms with E-state index in [0.29, 0.717) is 31.2 Å². The van der Waals surface area contributed by atoms with Gasteiger partial charge < -0.3 is 15.6 Å². The lowest BCUT2D eigenvalue weighted by Crippen LogP contribution is -2.50. The predicted octanol–water partition coefficient (Wildman–Crippen LogP) is 0.166. The Morgan fingerprint density at radius 3 is 2.82 bits per heavy atom. The topological polar surface area (TPSA) is 94.0 Å². The molecule has 1 aromatic rings. The van der Waals surface area contributed by atoms with Crippen molar-refractivity contribution in [2.24, 2.45) is 11.1 Å². The molecule has 0 spiro atoms. The highest BCUT2D eigenvalue weighted by Gasteiger charge is 2.42. The largest absolute Gasteiger partial charge is 0.355 e. The van der Waals surface area contributed by atoms with Crippen molar-refractivity contribution in [2.45, 2.75) is 32.6 Å². The van der Waals surface area contributed by atoms with Gasteiger partial charge in [0, 0.05) is 26.4 Å². The molecule has 6 nitrogen and oxygen atoms in total. The third-order valence-electron chi connectivity index (χ3n) is 3.39. The van der Waals surface area contributed by atoms with E-state index in [1.165, 1.54) is 0 Å². The molecule has 1 aromatic heterocycles. The number of carbonyl (C=O) groups is 1. The van der Waals surface area contributed by atoms with Crippen LogP contribution in [-0.4, -0.2) is 29.1 Å². The summed E-state index contributed by atoms with van der Waals surface area (Å²) in [5.41, 5.74) is 5.34. The van der Waals surface area contributed by atoms with Crippen molar-refractivity contribution in [3.05, 3.63) is 11.7 Å². The molecule has 0 aromatic carbocycles. The number of hydrogen-bond donors (Lipinski definition) is 2. The van der Waals surface area contributed by atoms with E-state index in [1.807, 2.05) is 0 Å². The van der Waals surface area contributed by atoms with E-state index in [1.54, 1.807) is 6.92 Å². The number of rotatable bonds is 5. The molecule has 1 aliphatic rings. The molecule has 17 heavy (non-hydrogen) atoms. The first-order chi connectivity index (χ1) is 8.16. The van der Waals surface area contributed by atoms with Gasteiger partial charge in [-0.15, -0.1) is 0 Å². The summed E-state index contributed by atoms with van der Waals surface area (Å²) >= 11 is 0. The first kappa shape index (κ1) is 12.0. The molecule has 1 saturated carbocycles. The molecule has 3 N–H and O–H groups in total. The Morgan fingerprint density at radius 2 is 2.35 bits per heavy atom. The molecule has 1 heterocycles. The first-order valence-corrected chi connectivity index (χ1v) is 5.94. The van der Waals surface area contributed by atoms with E-state index in [0.717, 1.165) is 19.3 Å². The van der Waals surface area contributed by atoms with E-state index < -0.39 is 0 Å². The summed E-state index contributed by atoms with van der Waals surface area (Å²) in [7, 11) is 0. The molecule has 0 unspecified atom stereocenters. The normalized spacial score (nSPS) is 17.5. The maximum absolute atomic E-state index is 11.9. The minimum absolute atomic E-state index is 0.0615. The van der Waals surface area contributed by atoms with Gasteiger partial charge in [0.15, 0.2) is 5.82 Å². The maximum atomic E-state index is 11.9. The number of amides is 1. The van der Waals surface area contributed by atoms with Gasteiger partial charge in [0.05, 0.1) is 5.41 Å². The number of carbonyl (C=O) groups excluding carboxylic acids is 1. The van der Waals surface area contributed by atoms with Crippen LogP contribution in [-0.2, 0) is 11.2 Å². The summed E-state index contributed by atoms with van der Waals surface area (Å²) in [6, 6.07) is 0. The molecule has 2 rings (SSSR count). The fourth-order valence-electron chi connectivity index (χ4n) is 2.05. The van der Waals surface area contributed by atoms with Gasteiger partial charge in [-0.1, -0.05) is 11.6 Å². The van der Waals surface area contributed by atoms with Gasteiger partial charge in [-0.05, 0) is 12.8 Å². The van der Waals surface area contributed by atoms with E-state index in [9.17, 15) is 4.79 Å². The van der Waals surface area contributed by atoms with Gasteiger partial charge in [0.25, 0.3) is 0 Å². The Kier molecular flexibility index (Phi) is 3.42. The molecule has 0 aliphatic heterocycles. The lowest BCUT2D eigenvalue weighted by Gasteiger charge is -2.39. The van der Waals surface area contributed by atoms with Crippen molar-refractivity contribution >= 4 is 5.91 Å². The quantitative estimate of drug-likeness (QED) is 0.762. The van der Waals surface area contributed by atoms with Crippen molar-refractivity contribution < 1.29 is 9.32 Å². The monoisotopic (exact) mass is 238 g/mol. The number of aryl methyl sites for hydroxylation is 1. The molecule has 6 heteroatoms. The summed E-state index contributed by atoms with van der Waals surface area (Å²) in [5, 5.41) is 6.66. The van der Waals surface area contributed by atoms with Gasteiger partial charge in [-0.25, -0.2) is 0 Å². The lowest BCUT2D eigenvalue weighted by molar-refractivity contribution is -0.135. The predicted molar refractivity (Wildman–Crippen MR) is 61.1 cm³/mol. The zero-order valence-electron chi connectivity index (χ0n) is 10.0. The maximum Gasteiger partial charge on any atom is 0.227 e. The standard InChI is InChI=1S/C11H18N4O2/c1-8-14-9(15-17-8)3-6-13-10(16)11(7-12)4-2-5-11/h2-7,12H2,1H3,(H,13,16). The van der Waals surface area contributed by atoms with Gasteiger partial charge in [-0.2, -0.15) is 4.98 Å². The molecule has 0 radical (unpaired) electrons. The van der Waals surface area contributed by atoms with Crippen LogP contribution in [0.15, 0.2) is 4.52 Å². The molecule has 0 bridgehead atoms. The zero-order chi connectivity index (χ0) is 12.3. The van der Waals surface area contributed by atoms with Crippen molar-refractivity contribution in [1.82, 2.24) is 15.5 Å². The van der Waals surface area contributed by atoms with E-state index in [4.69, 9.17) is 10.3 Å². The summed E-state index contributed by atoms with van der Waals surface area (Å²) in [4.78, 5) is 16.0.